The molecule has 0 radical (unpaired) electrons. The molecular formula is C16H20ClN3O2S. The fraction of sp³-hybridized carbons (Fsp3) is 0.438. The summed E-state index contributed by atoms with van der Waals surface area (Å²) in [6.45, 7) is 3.03. The summed E-state index contributed by atoms with van der Waals surface area (Å²) in [5, 5.41) is 5.10. The van der Waals surface area contributed by atoms with Gasteiger partial charge in [-0.05, 0) is 43.5 Å². The molecule has 1 N–H and O–H groups in total. The lowest BCUT2D eigenvalue weighted by Crippen LogP contribution is -2.44. The number of nitrogens with one attached hydrogen (secondary N) is 1. The van der Waals surface area contributed by atoms with Crippen LogP contribution in [0.1, 0.15) is 18.4 Å². The first-order chi connectivity index (χ1) is 10.8. The van der Waals surface area contributed by atoms with Crippen molar-refractivity contribution in [3.05, 3.63) is 34.9 Å². The van der Waals surface area contributed by atoms with Crippen molar-refractivity contribution >= 4 is 38.3 Å². The van der Waals surface area contributed by atoms with Gasteiger partial charge in [0.15, 0.2) is 0 Å². The summed E-state index contributed by atoms with van der Waals surface area (Å²) >= 11 is 6.17. The van der Waals surface area contributed by atoms with E-state index in [1.807, 2.05) is 31.2 Å². The van der Waals surface area contributed by atoms with Crippen LogP contribution in [0.5, 0.6) is 0 Å². The fourth-order valence-electron chi connectivity index (χ4n) is 2.96. The van der Waals surface area contributed by atoms with E-state index < -0.39 is 10.0 Å². The summed E-state index contributed by atoms with van der Waals surface area (Å²) in [6.07, 6.45) is 3.04. The number of nitrogens with zero attached hydrogens (tertiary/aromatic N) is 2. The quantitative estimate of drug-likeness (QED) is 0.921. The lowest BCUT2D eigenvalue weighted by molar-refractivity contribution is 0.329. The van der Waals surface area contributed by atoms with Crippen molar-refractivity contribution in [2.45, 2.75) is 25.8 Å². The molecule has 1 aromatic heterocycles. The third-order valence-corrected chi connectivity index (χ3v) is 5.93. The first-order valence-corrected chi connectivity index (χ1v) is 9.85. The molecule has 3 rings (SSSR count). The van der Waals surface area contributed by atoms with Gasteiger partial charge < -0.3 is 5.32 Å². The second-order valence-corrected chi connectivity index (χ2v) is 8.43. The first-order valence-electron chi connectivity index (χ1n) is 7.62. The summed E-state index contributed by atoms with van der Waals surface area (Å²) in [4.78, 5) is 4.65. The van der Waals surface area contributed by atoms with Gasteiger partial charge >= 0.3 is 0 Å². The molecular weight excluding hydrogens is 334 g/mol. The second kappa shape index (κ2) is 6.26. The summed E-state index contributed by atoms with van der Waals surface area (Å²) < 4.78 is 24.9. The largest absolute Gasteiger partial charge is 0.366 e. The van der Waals surface area contributed by atoms with E-state index in [1.165, 1.54) is 10.6 Å². The molecule has 5 nitrogen and oxygen atoms in total. The number of aromatic nitrogens is 1. The van der Waals surface area contributed by atoms with Gasteiger partial charge in [0.25, 0.3) is 0 Å². The SMILES string of the molecule is Cc1c(Cl)ccc2ccc(NC3CCCN(S(C)(=O)=O)C3)nc12. The number of aryl methyl sites for hydroxylation is 1. The fourth-order valence-corrected chi connectivity index (χ4v) is 4.02. The van der Waals surface area contributed by atoms with Gasteiger partial charge in [-0.3, -0.25) is 0 Å². The number of piperidine rings is 1. The molecule has 1 aliphatic heterocycles. The molecule has 1 aromatic carbocycles. The van der Waals surface area contributed by atoms with Crippen LogP contribution in [0.15, 0.2) is 24.3 Å². The van der Waals surface area contributed by atoms with Gasteiger partial charge in [-0.1, -0.05) is 17.7 Å². The van der Waals surface area contributed by atoms with Crippen molar-refractivity contribution in [3.8, 4) is 0 Å². The number of anilines is 1. The zero-order chi connectivity index (χ0) is 16.6. The molecule has 0 amide bonds. The Bertz CT molecular complexity index is 839. The monoisotopic (exact) mass is 353 g/mol. The van der Waals surface area contributed by atoms with Crippen molar-refractivity contribution in [1.29, 1.82) is 0 Å². The topological polar surface area (TPSA) is 62.3 Å². The number of rotatable bonds is 3. The van der Waals surface area contributed by atoms with Crippen molar-refractivity contribution in [2.24, 2.45) is 0 Å². The van der Waals surface area contributed by atoms with Crippen molar-refractivity contribution < 1.29 is 8.42 Å². The molecule has 23 heavy (non-hydrogen) atoms. The van der Waals surface area contributed by atoms with E-state index in [9.17, 15) is 8.42 Å². The average molecular weight is 354 g/mol. The van der Waals surface area contributed by atoms with Gasteiger partial charge in [-0.2, -0.15) is 0 Å². The highest BCUT2D eigenvalue weighted by Gasteiger charge is 2.25. The summed E-state index contributed by atoms with van der Waals surface area (Å²) in [5.41, 5.74) is 1.83. The molecule has 0 aliphatic carbocycles. The van der Waals surface area contributed by atoms with Gasteiger partial charge in [0.2, 0.25) is 10.0 Å². The maximum Gasteiger partial charge on any atom is 0.211 e. The van der Waals surface area contributed by atoms with Crippen LogP contribution in [0, 0.1) is 6.92 Å². The van der Waals surface area contributed by atoms with Crippen LogP contribution in [0.3, 0.4) is 0 Å². The smallest absolute Gasteiger partial charge is 0.211 e. The van der Waals surface area contributed by atoms with E-state index in [0.29, 0.717) is 18.1 Å². The van der Waals surface area contributed by atoms with Crippen molar-refractivity contribution in [1.82, 2.24) is 9.29 Å². The third-order valence-electron chi connectivity index (χ3n) is 4.25. The van der Waals surface area contributed by atoms with Crippen molar-refractivity contribution in [2.75, 3.05) is 24.7 Å². The number of fused-ring (bicyclic) bond motifs is 1. The molecule has 0 saturated carbocycles. The van der Waals surface area contributed by atoms with Crippen LogP contribution in [0.4, 0.5) is 5.82 Å². The molecule has 2 heterocycles. The Morgan fingerprint density at radius 3 is 2.78 bits per heavy atom. The number of benzene rings is 1. The standard InChI is InChI=1S/C16H20ClN3O2S/c1-11-14(17)7-5-12-6-8-15(19-16(11)12)18-13-4-3-9-20(10-13)23(2,21)22/h5-8,13H,3-4,9-10H2,1-2H3,(H,18,19). The summed E-state index contributed by atoms with van der Waals surface area (Å²) in [6, 6.07) is 7.83. The molecule has 1 aliphatic rings. The minimum atomic E-state index is -3.14. The van der Waals surface area contributed by atoms with Crippen LogP contribution >= 0.6 is 11.6 Å². The lowest BCUT2D eigenvalue weighted by Gasteiger charge is -2.31. The van der Waals surface area contributed by atoms with Gasteiger partial charge in [0.1, 0.15) is 5.82 Å². The zero-order valence-corrected chi connectivity index (χ0v) is 14.8. The predicted octanol–water partition coefficient (Wildman–Crippen LogP) is 3.03. The molecule has 1 fully saturated rings. The summed E-state index contributed by atoms with van der Waals surface area (Å²) in [5.74, 6) is 0.753. The Hall–Kier alpha value is -1.37. The molecule has 0 spiro atoms. The third kappa shape index (κ3) is 3.59. The van der Waals surface area contributed by atoms with Gasteiger partial charge in [0.05, 0.1) is 11.8 Å². The van der Waals surface area contributed by atoms with Crippen LogP contribution in [0.25, 0.3) is 10.9 Å². The molecule has 1 saturated heterocycles. The molecule has 1 atom stereocenters. The second-order valence-electron chi connectivity index (χ2n) is 6.05. The van der Waals surface area contributed by atoms with Crippen LogP contribution < -0.4 is 5.32 Å². The Labute approximate surface area is 141 Å². The van der Waals surface area contributed by atoms with E-state index >= 15 is 0 Å². The molecule has 7 heteroatoms. The summed E-state index contributed by atoms with van der Waals surface area (Å²) in [7, 11) is -3.14. The maximum atomic E-state index is 11.7. The zero-order valence-electron chi connectivity index (χ0n) is 13.2. The number of sulfonamides is 1. The van der Waals surface area contributed by atoms with Crippen LogP contribution in [-0.4, -0.2) is 43.1 Å². The van der Waals surface area contributed by atoms with E-state index in [0.717, 1.165) is 35.1 Å². The van der Waals surface area contributed by atoms with Gasteiger partial charge in [-0.15, -0.1) is 0 Å². The molecule has 124 valence electrons. The highest BCUT2D eigenvalue weighted by Crippen LogP contribution is 2.26. The van der Waals surface area contributed by atoms with Crippen molar-refractivity contribution in [3.63, 3.8) is 0 Å². The first kappa shape index (κ1) is 16.5. The average Bonchev–Trinajstić information content (AvgIpc) is 2.51. The minimum absolute atomic E-state index is 0.0721. The Balaban J connectivity index is 1.83. The van der Waals surface area contributed by atoms with Gasteiger partial charge in [0, 0.05) is 29.5 Å². The number of halogens is 1. The molecule has 1 unspecified atom stereocenters. The van der Waals surface area contributed by atoms with E-state index in [1.54, 1.807) is 0 Å². The maximum absolute atomic E-state index is 11.7. The molecule has 0 bridgehead atoms. The number of pyridine rings is 1. The van der Waals surface area contributed by atoms with Crippen LogP contribution in [-0.2, 0) is 10.0 Å². The predicted molar refractivity (Wildman–Crippen MR) is 94.6 cm³/mol. The lowest BCUT2D eigenvalue weighted by atomic mass is 10.1. The normalized spacial score (nSPS) is 19.9. The van der Waals surface area contributed by atoms with E-state index in [-0.39, 0.29) is 6.04 Å². The van der Waals surface area contributed by atoms with Crippen LogP contribution in [0.2, 0.25) is 5.02 Å². The van der Waals surface area contributed by atoms with Gasteiger partial charge in [-0.25, -0.2) is 17.7 Å². The molecule has 2 aromatic rings. The Kier molecular flexibility index (Phi) is 4.49. The number of hydrogen-bond donors (Lipinski definition) is 1. The van der Waals surface area contributed by atoms with E-state index in [2.05, 4.69) is 10.3 Å². The highest BCUT2D eigenvalue weighted by atomic mass is 35.5. The Morgan fingerprint density at radius 1 is 1.30 bits per heavy atom. The number of hydrogen-bond acceptors (Lipinski definition) is 4. The Morgan fingerprint density at radius 2 is 2.04 bits per heavy atom. The van der Waals surface area contributed by atoms with E-state index in [4.69, 9.17) is 11.6 Å². The minimum Gasteiger partial charge on any atom is -0.366 e. The highest BCUT2D eigenvalue weighted by molar-refractivity contribution is 7.88.